The number of hydrogen-bond acceptors (Lipinski definition) is 8. The zero-order chi connectivity index (χ0) is 27.4. The monoisotopic (exact) mass is 530 g/mol. The first-order valence-corrected chi connectivity index (χ1v) is 12.4. The van der Waals surface area contributed by atoms with E-state index in [4.69, 9.17) is 9.47 Å². The van der Waals surface area contributed by atoms with E-state index in [1.54, 1.807) is 19.1 Å². The predicted molar refractivity (Wildman–Crippen MR) is 130 cm³/mol. The number of ether oxygens (including phenoxy) is 2. The lowest BCUT2D eigenvalue weighted by Crippen LogP contribution is -2.65. The maximum absolute atomic E-state index is 13.6. The molecule has 3 aliphatic rings. The van der Waals surface area contributed by atoms with E-state index in [0.29, 0.717) is 12.1 Å². The lowest BCUT2D eigenvalue weighted by atomic mass is 10.1. The molecular formula is C24H30N6O8. The molecule has 0 saturated carbocycles. The molecule has 3 fully saturated rings. The summed E-state index contributed by atoms with van der Waals surface area (Å²) in [5.41, 5.74) is 3.10. The van der Waals surface area contributed by atoms with E-state index in [0.717, 1.165) is 10.0 Å². The highest BCUT2D eigenvalue weighted by Gasteiger charge is 2.46. The Morgan fingerprint density at radius 3 is 2.68 bits per heavy atom. The fraction of sp³-hybridized carbons (Fsp3) is 0.500. The van der Waals surface area contributed by atoms with Gasteiger partial charge in [-0.05, 0) is 38.0 Å². The van der Waals surface area contributed by atoms with Crippen molar-refractivity contribution in [2.45, 2.75) is 57.9 Å². The van der Waals surface area contributed by atoms with Gasteiger partial charge in [0.15, 0.2) is 0 Å². The van der Waals surface area contributed by atoms with Crippen LogP contribution in [-0.4, -0.2) is 88.7 Å². The van der Waals surface area contributed by atoms with Gasteiger partial charge in [0.25, 0.3) is 5.91 Å². The first kappa shape index (κ1) is 26.9. The molecule has 0 radical (unpaired) electrons. The van der Waals surface area contributed by atoms with Crippen molar-refractivity contribution in [1.82, 2.24) is 25.8 Å². The topological polar surface area (TPSA) is 167 Å². The Balaban J connectivity index is 1.51. The summed E-state index contributed by atoms with van der Waals surface area (Å²) < 4.78 is 10.5. The lowest BCUT2D eigenvalue weighted by molar-refractivity contribution is -0.166. The van der Waals surface area contributed by atoms with Crippen LogP contribution in [0.5, 0.6) is 0 Å². The highest BCUT2D eigenvalue weighted by molar-refractivity contribution is 5.98. The number of benzene rings is 1. The largest absolute Gasteiger partial charge is 0.433 e. The number of anilines is 1. The van der Waals surface area contributed by atoms with E-state index in [1.165, 1.54) is 24.1 Å². The van der Waals surface area contributed by atoms with Gasteiger partial charge in [-0.25, -0.2) is 19.8 Å². The maximum Gasteiger partial charge on any atom is 0.358 e. The third-order valence-electron chi connectivity index (χ3n) is 6.27. The summed E-state index contributed by atoms with van der Waals surface area (Å²) in [6.45, 7) is 3.47. The Kier molecular flexibility index (Phi) is 8.10. The number of amides is 6. The molecule has 6 amide bonds. The number of urea groups is 1. The Labute approximate surface area is 218 Å². The number of fused-ring (bicyclic) bond motifs is 1. The third-order valence-corrected chi connectivity index (χ3v) is 6.27. The molecule has 38 heavy (non-hydrogen) atoms. The predicted octanol–water partition coefficient (Wildman–Crippen LogP) is 0.118. The van der Waals surface area contributed by atoms with Gasteiger partial charge in [-0.3, -0.25) is 29.4 Å². The van der Waals surface area contributed by atoms with Crippen LogP contribution in [0.15, 0.2) is 24.3 Å². The van der Waals surface area contributed by atoms with E-state index in [-0.39, 0.29) is 56.3 Å². The van der Waals surface area contributed by atoms with Crippen molar-refractivity contribution in [3.8, 4) is 0 Å². The molecule has 0 spiro atoms. The van der Waals surface area contributed by atoms with Crippen LogP contribution >= 0.6 is 0 Å². The number of hydrogen-bond donors (Lipinski definition) is 3. The van der Waals surface area contributed by atoms with E-state index in [1.807, 2.05) is 0 Å². The second kappa shape index (κ2) is 11.5. The van der Waals surface area contributed by atoms with Gasteiger partial charge < -0.3 is 20.1 Å². The number of rotatable bonds is 7. The molecule has 3 saturated heterocycles. The zero-order valence-electron chi connectivity index (χ0n) is 21.1. The van der Waals surface area contributed by atoms with Crippen molar-refractivity contribution in [2.75, 3.05) is 25.0 Å². The first-order valence-electron chi connectivity index (χ1n) is 12.4. The summed E-state index contributed by atoms with van der Waals surface area (Å²) in [4.78, 5) is 75.8. The van der Waals surface area contributed by atoms with Crippen LogP contribution in [0.3, 0.4) is 0 Å². The van der Waals surface area contributed by atoms with Crippen LogP contribution in [0.1, 0.15) is 49.9 Å². The molecule has 4 rings (SSSR count). The number of esters is 1. The summed E-state index contributed by atoms with van der Waals surface area (Å²) in [6, 6.07) is 3.61. The van der Waals surface area contributed by atoms with Crippen molar-refractivity contribution < 1.29 is 38.2 Å². The number of carbonyl (C=O) groups is 6. The van der Waals surface area contributed by atoms with Crippen molar-refractivity contribution in [3.05, 3.63) is 29.8 Å². The average Bonchev–Trinajstić information content (AvgIpc) is 3.17. The third kappa shape index (κ3) is 5.85. The molecule has 3 aliphatic heterocycles. The Morgan fingerprint density at radius 2 is 1.95 bits per heavy atom. The van der Waals surface area contributed by atoms with Crippen molar-refractivity contribution in [3.63, 3.8) is 0 Å². The molecule has 1 aromatic rings. The maximum atomic E-state index is 13.6. The van der Waals surface area contributed by atoms with Crippen molar-refractivity contribution >= 4 is 41.3 Å². The number of hydrazine groups is 2. The minimum atomic E-state index is -1.06. The number of nitrogens with one attached hydrogen (secondary N) is 3. The molecular weight excluding hydrogens is 500 g/mol. The molecule has 14 nitrogen and oxygen atoms in total. The second-order valence-electron chi connectivity index (χ2n) is 9.04. The number of cyclic esters (lactones) is 1. The van der Waals surface area contributed by atoms with E-state index >= 15 is 0 Å². The van der Waals surface area contributed by atoms with Crippen molar-refractivity contribution in [2.24, 2.45) is 0 Å². The smallest absolute Gasteiger partial charge is 0.358 e. The molecule has 0 aliphatic carbocycles. The van der Waals surface area contributed by atoms with Gasteiger partial charge in [0.1, 0.15) is 12.1 Å². The summed E-state index contributed by atoms with van der Waals surface area (Å²) in [6.07, 6.45) is -0.352. The van der Waals surface area contributed by atoms with Crippen LogP contribution < -0.4 is 16.1 Å². The number of nitrogens with zero attached hydrogens (tertiary/aromatic N) is 3. The summed E-state index contributed by atoms with van der Waals surface area (Å²) >= 11 is 0. The van der Waals surface area contributed by atoms with Gasteiger partial charge in [-0.2, -0.15) is 0 Å². The fourth-order valence-electron chi connectivity index (χ4n) is 4.59. The van der Waals surface area contributed by atoms with Gasteiger partial charge >= 0.3 is 12.0 Å². The van der Waals surface area contributed by atoms with E-state index in [2.05, 4.69) is 16.1 Å². The minimum absolute atomic E-state index is 0.0693. The SMILES string of the molecule is CCOC1OC(=O)C[C@@H]1NC(=O)[C@@H]1CCCN2C(=O)CCN(NC(=O)c3cccc(NC(C)=O)c3)C(=O)N12. The normalized spacial score (nSPS) is 23.4. The van der Waals surface area contributed by atoms with Crippen LogP contribution in [0.4, 0.5) is 10.5 Å². The molecule has 0 bridgehead atoms. The first-order chi connectivity index (χ1) is 18.2. The molecule has 204 valence electrons. The quantitative estimate of drug-likeness (QED) is 0.418. The van der Waals surface area contributed by atoms with E-state index < -0.39 is 42.2 Å². The molecule has 1 unspecified atom stereocenters. The molecule has 0 aromatic heterocycles. The van der Waals surface area contributed by atoms with Crippen LogP contribution in [-0.2, 0) is 28.7 Å². The fourth-order valence-corrected chi connectivity index (χ4v) is 4.59. The highest BCUT2D eigenvalue weighted by Crippen LogP contribution is 2.25. The Bertz CT molecular complexity index is 1140. The Morgan fingerprint density at radius 1 is 1.16 bits per heavy atom. The van der Waals surface area contributed by atoms with Crippen LogP contribution in [0.2, 0.25) is 0 Å². The van der Waals surface area contributed by atoms with E-state index in [9.17, 15) is 28.8 Å². The van der Waals surface area contributed by atoms with Gasteiger partial charge in [-0.1, -0.05) is 6.07 Å². The van der Waals surface area contributed by atoms with Gasteiger partial charge in [0, 0.05) is 37.7 Å². The highest BCUT2D eigenvalue weighted by atomic mass is 16.7. The summed E-state index contributed by atoms with van der Waals surface area (Å²) in [7, 11) is 0. The molecule has 14 heteroatoms. The minimum Gasteiger partial charge on any atom is -0.433 e. The molecule has 3 heterocycles. The number of carbonyl (C=O) groups excluding carboxylic acids is 6. The van der Waals surface area contributed by atoms with Crippen molar-refractivity contribution in [1.29, 1.82) is 0 Å². The van der Waals surface area contributed by atoms with Gasteiger partial charge in [0.05, 0.1) is 13.0 Å². The average molecular weight is 531 g/mol. The van der Waals surface area contributed by atoms with Gasteiger partial charge in [0.2, 0.25) is 24.0 Å². The zero-order valence-corrected chi connectivity index (χ0v) is 21.1. The van der Waals surface area contributed by atoms with Gasteiger partial charge in [-0.15, -0.1) is 0 Å². The lowest BCUT2D eigenvalue weighted by Gasteiger charge is -2.43. The summed E-state index contributed by atoms with van der Waals surface area (Å²) in [5, 5.41) is 8.61. The molecule has 3 N–H and O–H groups in total. The molecule has 3 atom stereocenters. The standard InChI is InChI=1S/C24H30N6O8/c1-3-37-23-17(13-20(33)38-23)26-22(35)18-8-5-10-29-19(32)9-11-28(24(36)30(18)29)27-21(34)15-6-4-7-16(12-15)25-14(2)31/h4,6-7,12,17-18,23H,3,5,8-11,13H2,1-2H3,(H,25,31)(H,26,35)(H,27,34)/t17-,18-,23?/m0/s1. The van der Waals surface area contributed by atoms with Crippen LogP contribution in [0.25, 0.3) is 0 Å². The van der Waals surface area contributed by atoms with Crippen LogP contribution in [0, 0.1) is 0 Å². The molecule has 1 aromatic carbocycles. The second-order valence-corrected chi connectivity index (χ2v) is 9.04. The summed E-state index contributed by atoms with van der Waals surface area (Å²) in [5.74, 6) is -2.40. The Hall–Kier alpha value is -4.20.